The molecule has 0 spiro atoms. The molecular weight excluding hydrogens is 547 g/mol. The van der Waals surface area contributed by atoms with Gasteiger partial charge in [0.2, 0.25) is 0 Å². The smallest absolute Gasteiger partial charge is 0.396 e. The van der Waals surface area contributed by atoms with Crippen molar-refractivity contribution >= 4 is 17.2 Å². The van der Waals surface area contributed by atoms with Crippen LogP contribution >= 0.6 is 0 Å². The molecule has 0 bridgehead atoms. The molecule has 3 aromatic heterocycles. The molecule has 1 saturated carbocycles. The van der Waals surface area contributed by atoms with Crippen molar-refractivity contribution in [2.45, 2.75) is 51.4 Å². The second kappa shape index (κ2) is 9.11. The van der Waals surface area contributed by atoms with E-state index in [0.717, 1.165) is 24.2 Å². The van der Waals surface area contributed by atoms with Gasteiger partial charge in [0.25, 0.3) is 5.91 Å². The number of aryl methyl sites for hydroxylation is 1. The molecule has 7 rings (SSSR count). The van der Waals surface area contributed by atoms with Gasteiger partial charge in [-0.2, -0.15) is 13.2 Å². The highest BCUT2D eigenvalue weighted by Crippen LogP contribution is 2.52. The molecule has 2 aliphatic heterocycles. The van der Waals surface area contributed by atoms with Crippen LogP contribution in [0.3, 0.4) is 0 Å². The number of anilines is 1. The number of benzene rings is 1. The summed E-state index contributed by atoms with van der Waals surface area (Å²) in [5, 5.41) is 18.1. The summed E-state index contributed by atoms with van der Waals surface area (Å²) in [6, 6.07) is 4.67. The lowest BCUT2D eigenvalue weighted by Crippen LogP contribution is -2.55. The zero-order chi connectivity index (χ0) is 29.6. The Bertz CT molecular complexity index is 1710. The number of fused-ring (bicyclic) bond motifs is 2. The molecule has 2 fully saturated rings. The topological polar surface area (TPSA) is 91.8 Å². The molecule has 0 unspecified atom stereocenters. The number of aromatic nitrogens is 5. The first-order valence-corrected chi connectivity index (χ1v) is 14.1. The summed E-state index contributed by atoms with van der Waals surface area (Å²) < 4.78 is 46.9. The summed E-state index contributed by atoms with van der Waals surface area (Å²) in [5.74, 6) is 0.794. The number of halogens is 3. The number of aliphatic hydroxyl groups excluding tert-OH is 1. The van der Waals surface area contributed by atoms with Crippen molar-refractivity contribution in [2.24, 2.45) is 18.4 Å². The largest absolute Gasteiger partial charge is 0.416 e. The Balaban J connectivity index is 1.30. The molecule has 220 valence electrons. The predicted molar refractivity (Wildman–Crippen MR) is 148 cm³/mol. The molecule has 1 amide bonds. The van der Waals surface area contributed by atoms with E-state index in [9.17, 15) is 23.1 Å². The van der Waals surface area contributed by atoms with Gasteiger partial charge in [0.15, 0.2) is 5.65 Å². The maximum absolute atomic E-state index is 14.4. The van der Waals surface area contributed by atoms with Crippen molar-refractivity contribution in [3.05, 3.63) is 76.8 Å². The Kier molecular flexibility index (Phi) is 5.88. The SMILES string of the molecule is CC1CC(c2cc(N3Cc4c(cc(CN5CC(C)(CO)C5)cc4C(F)(F)F)C3=O)c3nccn3c2)(c2nncn2C)C1. The Hall–Kier alpha value is -3.77. The summed E-state index contributed by atoms with van der Waals surface area (Å²) in [6.45, 7) is 5.38. The Morgan fingerprint density at radius 1 is 1.17 bits per heavy atom. The Morgan fingerprint density at radius 3 is 2.57 bits per heavy atom. The second-order valence-electron chi connectivity index (χ2n) is 12.8. The lowest BCUT2D eigenvalue weighted by molar-refractivity contribution is -0.138. The highest BCUT2D eigenvalue weighted by Gasteiger charge is 2.49. The van der Waals surface area contributed by atoms with Gasteiger partial charge >= 0.3 is 6.18 Å². The number of hydrogen-bond donors (Lipinski definition) is 1. The number of imidazole rings is 1. The number of carbonyl (C=O) groups is 1. The summed E-state index contributed by atoms with van der Waals surface area (Å²) in [5.41, 5.74) is 0.901. The predicted octanol–water partition coefficient (Wildman–Crippen LogP) is 4.17. The Morgan fingerprint density at radius 2 is 1.93 bits per heavy atom. The van der Waals surface area contributed by atoms with Crippen LogP contribution in [-0.4, -0.2) is 59.8 Å². The normalized spacial score (nSPS) is 23.7. The standard InChI is InChI=1S/C30H32F3N7O2/c1-18-9-29(10-18,27-36-35-17-37(27)3)20-8-24(25-34-4-5-39(25)12-20)40-13-22-21(26(40)42)6-19(7-23(22)30(31,32)33)11-38-14-28(2,15-38)16-41/h4-8,12,17-18,41H,9-11,13-16H2,1-3H3. The van der Waals surface area contributed by atoms with Gasteiger partial charge in [-0.25, -0.2) is 4.98 Å². The first kappa shape index (κ1) is 27.1. The molecule has 42 heavy (non-hydrogen) atoms. The molecule has 3 aliphatic rings. The minimum absolute atomic E-state index is 0.0181. The van der Waals surface area contributed by atoms with Crippen LogP contribution in [0.1, 0.15) is 65.1 Å². The number of hydrogen-bond acceptors (Lipinski definition) is 6. The van der Waals surface area contributed by atoms with Crippen LogP contribution in [-0.2, 0) is 31.7 Å². The maximum Gasteiger partial charge on any atom is 0.416 e. The van der Waals surface area contributed by atoms with Crippen LogP contribution in [0.15, 0.2) is 43.1 Å². The van der Waals surface area contributed by atoms with E-state index in [1.807, 2.05) is 40.1 Å². The minimum Gasteiger partial charge on any atom is -0.396 e. The van der Waals surface area contributed by atoms with Crippen LogP contribution in [0.4, 0.5) is 18.9 Å². The number of aliphatic hydroxyl groups is 1. The third kappa shape index (κ3) is 4.06. The van der Waals surface area contributed by atoms with Crippen molar-refractivity contribution in [1.82, 2.24) is 29.0 Å². The van der Waals surface area contributed by atoms with E-state index in [4.69, 9.17) is 0 Å². The number of pyridine rings is 1. The molecule has 12 heteroatoms. The van der Waals surface area contributed by atoms with Crippen LogP contribution in [0, 0.1) is 11.3 Å². The van der Waals surface area contributed by atoms with E-state index in [1.165, 1.54) is 11.0 Å². The number of amides is 1. The Labute approximate surface area is 240 Å². The van der Waals surface area contributed by atoms with Gasteiger partial charge in [-0.1, -0.05) is 13.8 Å². The van der Waals surface area contributed by atoms with Gasteiger partial charge in [0.1, 0.15) is 12.2 Å². The summed E-state index contributed by atoms with van der Waals surface area (Å²) >= 11 is 0. The summed E-state index contributed by atoms with van der Waals surface area (Å²) in [6.07, 6.45) is 4.11. The van der Waals surface area contributed by atoms with E-state index in [-0.39, 0.29) is 36.2 Å². The average Bonchev–Trinajstić information content (AvgIpc) is 3.63. The van der Waals surface area contributed by atoms with E-state index in [1.54, 1.807) is 24.8 Å². The van der Waals surface area contributed by atoms with Crippen molar-refractivity contribution in [1.29, 1.82) is 0 Å². The lowest BCUT2D eigenvalue weighted by atomic mass is 9.59. The monoisotopic (exact) mass is 579 g/mol. The second-order valence-corrected chi connectivity index (χ2v) is 12.8. The minimum atomic E-state index is -4.62. The average molecular weight is 580 g/mol. The van der Waals surface area contributed by atoms with Gasteiger partial charge < -0.3 is 19.0 Å². The summed E-state index contributed by atoms with van der Waals surface area (Å²) in [7, 11) is 1.90. The maximum atomic E-state index is 14.4. The quantitative estimate of drug-likeness (QED) is 0.369. The van der Waals surface area contributed by atoms with Gasteiger partial charge in [0.05, 0.1) is 29.8 Å². The van der Waals surface area contributed by atoms with Crippen molar-refractivity contribution in [2.75, 3.05) is 24.6 Å². The molecule has 9 nitrogen and oxygen atoms in total. The van der Waals surface area contributed by atoms with Crippen LogP contribution < -0.4 is 4.90 Å². The van der Waals surface area contributed by atoms with Crippen LogP contribution in [0.5, 0.6) is 0 Å². The number of carbonyl (C=O) groups excluding carboxylic acids is 1. The fraction of sp³-hybridized carbons (Fsp3) is 0.467. The van der Waals surface area contributed by atoms with Gasteiger partial charge in [-0.05, 0) is 53.6 Å². The molecular formula is C30H32F3N7O2. The molecule has 4 aromatic rings. The van der Waals surface area contributed by atoms with E-state index in [2.05, 4.69) is 22.1 Å². The fourth-order valence-electron chi connectivity index (χ4n) is 7.38. The first-order chi connectivity index (χ1) is 19.9. The van der Waals surface area contributed by atoms with Crippen molar-refractivity contribution in [3.8, 4) is 0 Å². The molecule has 0 atom stereocenters. The number of alkyl halides is 3. The molecule has 5 heterocycles. The number of nitrogens with zero attached hydrogens (tertiary/aromatic N) is 7. The third-order valence-electron chi connectivity index (χ3n) is 9.25. The third-order valence-corrected chi connectivity index (χ3v) is 9.25. The molecule has 0 radical (unpaired) electrons. The first-order valence-electron chi connectivity index (χ1n) is 14.1. The molecule has 1 aromatic carbocycles. The van der Waals surface area contributed by atoms with E-state index >= 15 is 0 Å². The molecule has 1 aliphatic carbocycles. The van der Waals surface area contributed by atoms with Gasteiger partial charge in [-0.3, -0.25) is 9.69 Å². The molecule has 1 N–H and O–H groups in total. The number of likely N-dealkylation sites (tertiary alicyclic amines) is 1. The van der Waals surface area contributed by atoms with Crippen molar-refractivity contribution in [3.63, 3.8) is 0 Å². The molecule has 1 saturated heterocycles. The zero-order valence-corrected chi connectivity index (χ0v) is 23.7. The zero-order valence-electron chi connectivity index (χ0n) is 23.7. The lowest BCUT2D eigenvalue weighted by Gasteiger charge is -2.47. The highest BCUT2D eigenvalue weighted by atomic mass is 19.4. The van der Waals surface area contributed by atoms with Crippen LogP contribution in [0.2, 0.25) is 0 Å². The fourth-order valence-corrected chi connectivity index (χ4v) is 7.38. The van der Waals surface area contributed by atoms with Crippen LogP contribution in [0.25, 0.3) is 5.65 Å². The highest BCUT2D eigenvalue weighted by molar-refractivity contribution is 6.12. The van der Waals surface area contributed by atoms with Gasteiger partial charge in [0, 0.05) is 56.3 Å². The van der Waals surface area contributed by atoms with E-state index < -0.39 is 23.1 Å². The van der Waals surface area contributed by atoms with E-state index in [0.29, 0.717) is 35.9 Å². The number of rotatable bonds is 6. The van der Waals surface area contributed by atoms with Gasteiger partial charge in [-0.15, -0.1) is 10.2 Å². The summed E-state index contributed by atoms with van der Waals surface area (Å²) in [4.78, 5) is 21.8. The van der Waals surface area contributed by atoms with Crippen molar-refractivity contribution < 1.29 is 23.1 Å².